The van der Waals surface area contributed by atoms with Gasteiger partial charge < -0.3 is 15.2 Å². The van der Waals surface area contributed by atoms with E-state index in [9.17, 15) is 14.9 Å². The number of anilines is 1. The second kappa shape index (κ2) is 5.97. The van der Waals surface area contributed by atoms with E-state index in [1.54, 1.807) is 6.92 Å². The second-order valence-corrected chi connectivity index (χ2v) is 3.79. The molecule has 1 aromatic rings. The van der Waals surface area contributed by atoms with E-state index >= 15 is 0 Å². The second-order valence-electron chi connectivity index (χ2n) is 3.79. The van der Waals surface area contributed by atoms with E-state index in [-0.39, 0.29) is 23.0 Å². The van der Waals surface area contributed by atoms with Gasteiger partial charge in [-0.3, -0.25) is 10.1 Å². The molecule has 0 heterocycles. The van der Waals surface area contributed by atoms with Gasteiger partial charge in [-0.05, 0) is 19.1 Å². The van der Waals surface area contributed by atoms with Crippen molar-refractivity contribution in [3.05, 3.63) is 33.9 Å². The number of aromatic carboxylic acids is 1. The zero-order valence-corrected chi connectivity index (χ0v) is 10.0. The van der Waals surface area contributed by atoms with E-state index in [0.29, 0.717) is 6.61 Å². The summed E-state index contributed by atoms with van der Waals surface area (Å²) in [5.41, 5.74) is -0.112. The summed E-state index contributed by atoms with van der Waals surface area (Å²) < 4.78 is 4.91. The molecule has 0 aromatic heterocycles. The number of hydrogen-bond acceptors (Lipinski definition) is 5. The predicted molar refractivity (Wildman–Crippen MR) is 65.0 cm³/mol. The van der Waals surface area contributed by atoms with E-state index in [2.05, 4.69) is 5.32 Å². The van der Waals surface area contributed by atoms with Gasteiger partial charge in [0.05, 0.1) is 17.1 Å². The SMILES string of the molecule is COCC(C)Nc1ccc(C(=O)O)cc1[N+](=O)[O-]. The molecule has 1 rings (SSSR count). The third-order valence-corrected chi connectivity index (χ3v) is 2.26. The van der Waals surface area contributed by atoms with E-state index in [1.807, 2.05) is 0 Å². The average molecular weight is 254 g/mol. The van der Waals surface area contributed by atoms with Gasteiger partial charge in [0.15, 0.2) is 0 Å². The molecule has 7 nitrogen and oxygen atoms in total. The summed E-state index contributed by atoms with van der Waals surface area (Å²) in [6.07, 6.45) is 0. The van der Waals surface area contributed by atoms with Crippen LogP contribution in [0.4, 0.5) is 11.4 Å². The van der Waals surface area contributed by atoms with Gasteiger partial charge in [-0.2, -0.15) is 0 Å². The molecule has 1 unspecified atom stereocenters. The van der Waals surface area contributed by atoms with Crippen LogP contribution in [0.15, 0.2) is 18.2 Å². The number of nitro benzene ring substituents is 1. The molecule has 2 N–H and O–H groups in total. The van der Waals surface area contributed by atoms with Gasteiger partial charge in [-0.1, -0.05) is 0 Å². The minimum Gasteiger partial charge on any atom is -0.478 e. The molecule has 0 amide bonds. The summed E-state index contributed by atoms with van der Waals surface area (Å²) in [7, 11) is 1.53. The maximum atomic E-state index is 10.9. The largest absolute Gasteiger partial charge is 0.478 e. The Morgan fingerprint density at radius 1 is 1.61 bits per heavy atom. The minimum absolute atomic E-state index is 0.119. The third kappa shape index (κ3) is 3.42. The minimum atomic E-state index is -1.20. The van der Waals surface area contributed by atoms with Crippen LogP contribution < -0.4 is 5.32 Å². The quantitative estimate of drug-likeness (QED) is 0.592. The lowest BCUT2D eigenvalue weighted by Gasteiger charge is -2.14. The standard InChI is InChI=1S/C11H14N2O5/c1-7(6-18-2)12-9-4-3-8(11(14)15)5-10(9)13(16)17/h3-5,7,12H,6H2,1-2H3,(H,14,15). The highest BCUT2D eigenvalue weighted by Crippen LogP contribution is 2.26. The average Bonchev–Trinajstić information content (AvgIpc) is 2.29. The summed E-state index contributed by atoms with van der Waals surface area (Å²) in [6.45, 7) is 2.19. The van der Waals surface area contributed by atoms with Crippen LogP contribution in [0.25, 0.3) is 0 Å². The van der Waals surface area contributed by atoms with Gasteiger partial charge in [0.2, 0.25) is 0 Å². The van der Waals surface area contributed by atoms with Crippen molar-refractivity contribution in [2.75, 3.05) is 19.0 Å². The number of nitro groups is 1. The van der Waals surface area contributed by atoms with Gasteiger partial charge in [-0.15, -0.1) is 0 Å². The van der Waals surface area contributed by atoms with E-state index < -0.39 is 10.9 Å². The Hall–Kier alpha value is -2.15. The third-order valence-electron chi connectivity index (χ3n) is 2.26. The molecule has 0 spiro atoms. The highest BCUT2D eigenvalue weighted by molar-refractivity contribution is 5.89. The van der Waals surface area contributed by atoms with Crippen LogP contribution in [0, 0.1) is 10.1 Å². The first-order chi connectivity index (χ1) is 8.45. The lowest BCUT2D eigenvalue weighted by atomic mass is 10.1. The van der Waals surface area contributed by atoms with E-state index in [0.717, 1.165) is 6.07 Å². The van der Waals surface area contributed by atoms with Crippen molar-refractivity contribution in [3.8, 4) is 0 Å². The van der Waals surface area contributed by atoms with Crippen LogP contribution in [-0.4, -0.2) is 35.8 Å². The molecule has 0 aliphatic carbocycles. The summed E-state index contributed by atoms with van der Waals surface area (Å²) in [6, 6.07) is 3.61. The van der Waals surface area contributed by atoms with Crippen molar-refractivity contribution in [2.45, 2.75) is 13.0 Å². The van der Waals surface area contributed by atoms with E-state index in [4.69, 9.17) is 9.84 Å². The van der Waals surface area contributed by atoms with Gasteiger partial charge >= 0.3 is 5.97 Å². The number of ether oxygens (including phenoxy) is 1. The highest BCUT2D eigenvalue weighted by Gasteiger charge is 2.18. The molecule has 0 bridgehead atoms. The van der Waals surface area contributed by atoms with Crippen molar-refractivity contribution in [1.29, 1.82) is 0 Å². The first kappa shape index (κ1) is 13.9. The molecule has 0 saturated heterocycles. The van der Waals surface area contributed by atoms with Crippen LogP contribution in [0.3, 0.4) is 0 Å². The number of benzene rings is 1. The fourth-order valence-electron chi connectivity index (χ4n) is 1.49. The number of rotatable bonds is 6. The maximum absolute atomic E-state index is 10.9. The Morgan fingerprint density at radius 3 is 2.78 bits per heavy atom. The number of methoxy groups -OCH3 is 1. The molecule has 0 saturated carbocycles. The van der Waals surface area contributed by atoms with Crippen LogP contribution >= 0.6 is 0 Å². The van der Waals surface area contributed by atoms with Crippen molar-refractivity contribution in [2.24, 2.45) is 0 Å². The Labute approximate surface area is 104 Å². The van der Waals surface area contributed by atoms with E-state index in [1.165, 1.54) is 19.2 Å². The normalized spacial score (nSPS) is 11.9. The fourth-order valence-corrected chi connectivity index (χ4v) is 1.49. The molecular weight excluding hydrogens is 240 g/mol. The number of carboxylic acid groups (broad SMARTS) is 1. The molecule has 0 radical (unpaired) electrons. The zero-order valence-electron chi connectivity index (χ0n) is 10.0. The molecule has 0 aliphatic heterocycles. The number of carbonyl (C=O) groups is 1. The predicted octanol–water partition coefficient (Wildman–Crippen LogP) is 1.74. The number of hydrogen-bond donors (Lipinski definition) is 2. The van der Waals surface area contributed by atoms with Gasteiger partial charge in [0.1, 0.15) is 5.69 Å². The molecular formula is C11H14N2O5. The number of carboxylic acids is 1. The summed E-state index contributed by atoms with van der Waals surface area (Å²) >= 11 is 0. The maximum Gasteiger partial charge on any atom is 0.335 e. The molecule has 98 valence electrons. The Kier molecular flexibility index (Phi) is 4.61. The monoisotopic (exact) mass is 254 g/mol. The van der Waals surface area contributed by atoms with Crippen molar-refractivity contribution in [1.82, 2.24) is 0 Å². The lowest BCUT2D eigenvalue weighted by molar-refractivity contribution is -0.384. The molecule has 7 heteroatoms. The van der Waals surface area contributed by atoms with Crippen molar-refractivity contribution in [3.63, 3.8) is 0 Å². The van der Waals surface area contributed by atoms with Gasteiger partial charge in [-0.25, -0.2) is 4.79 Å². The highest BCUT2D eigenvalue weighted by atomic mass is 16.6. The first-order valence-corrected chi connectivity index (χ1v) is 5.23. The van der Waals surface area contributed by atoms with Crippen LogP contribution in [0.5, 0.6) is 0 Å². The van der Waals surface area contributed by atoms with Crippen molar-refractivity contribution >= 4 is 17.3 Å². The Bertz CT molecular complexity index is 461. The molecule has 1 atom stereocenters. The smallest absolute Gasteiger partial charge is 0.335 e. The summed E-state index contributed by atoms with van der Waals surface area (Å²) in [5, 5.41) is 22.6. The molecule has 0 fully saturated rings. The zero-order chi connectivity index (χ0) is 13.7. The first-order valence-electron chi connectivity index (χ1n) is 5.23. The van der Waals surface area contributed by atoms with Crippen LogP contribution in [0.2, 0.25) is 0 Å². The Morgan fingerprint density at radius 2 is 2.28 bits per heavy atom. The van der Waals surface area contributed by atoms with Gasteiger partial charge in [0, 0.05) is 19.2 Å². The topological polar surface area (TPSA) is 102 Å². The van der Waals surface area contributed by atoms with Crippen LogP contribution in [0.1, 0.15) is 17.3 Å². The Balaban J connectivity index is 3.04. The number of nitrogens with zero attached hydrogens (tertiary/aromatic N) is 1. The van der Waals surface area contributed by atoms with Crippen LogP contribution in [-0.2, 0) is 4.74 Å². The summed E-state index contributed by atoms with van der Waals surface area (Å²) in [4.78, 5) is 21.0. The molecule has 18 heavy (non-hydrogen) atoms. The number of nitrogens with one attached hydrogen (secondary N) is 1. The van der Waals surface area contributed by atoms with Crippen molar-refractivity contribution < 1.29 is 19.6 Å². The fraction of sp³-hybridized carbons (Fsp3) is 0.364. The lowest BCUT2D eigenvalue weighted by Crippen LogP contribution is -2.21. The summed E-state index contributed by atoms with van der Waals surface area (Å²) in [5.74, 6) is -1.20. The molecule has 1 aromatic carbocycles. The van der Waals surface area contributed by atoms with Gasteiger partial charge in [0.25, 0.3) is 5.69 Å². The molecule has 0 aliphatic rings.